The van der Waals surface area contributed by atoms with E-state index in [1.54, 1.807) is 0 Å². The molecule has 25 heavy (non-hydrogen) atoms. The highest BCUT2D eigenvalue weighted by molar-refractivity contribution is 6.12. The van der Waals surface area contributed by atoms with Gasteiger partial charge in [0.05, 0.1) is 0 Å². The van der Waals surface area contributed by atoms with Crippen LogP contribution in [0.3, 0.4) is 0 Å². The number of unbranched alkanes of at least 4 members (excludes halogenated alkanes) is 7. The van der Waals surface area contributed by atoms with Gasteiger partial charge in [-0.15, -0.1) is 0 Å². The van der Waals surface area contributed by atoms with Gasteiger partial charge in [-0.3, -0.25) is 14.5 Å². The molecule has 2 amide bonds. The van der Waals surface area contributed by atoms with E-state index in [1.165, 1.54) is 67.6 Å². The molecule has 1 aromatic rings. The van der Waals surface area contributed by atoms with Crippen LogP contribution < -0.4 is 0 Å². The van der Waals surface area contributed by atoms with E-state index in [2.05, 4.69) is 37.3 Å². The minimum Gasteiger partial charge on any atom is -0.275 e. The second-order valence-corrected chi connectivity index (χ2v) is 7.09. The van der Waals surface area contributed by atoms with E-state index in [1.807, 2.05) is 0 Å². The van der Waals surface area contributed by atoms with Crippen molar-refractivity contribution >= 4 is 11.8 Å². The summed E-state index contributed by atoms with van der Waals surface area (Å²) < 4.78 is 0. The van der Waals surface area contributed by atoms with E-state index in [-0.39, 0.29) is 11.8 Å². The van der Waals surface area contributed by atoms with Gasteiger partial charge in [0.2, 0.25) is 0 Å². The molecule has 136 valence electrons. The highest BCUT2D eigenvalue weighted by Crippen LogP contribution is 2.22. The van der Waals surface area contributed by atoms with E-state index in [0.29, 0.717) is 12.5 Å². The summed E-state index contributed by atoms with van der Waals surface area (Å²) >= 11 is 0. The monoisotopic (exact) mass is 341 g/mol. The number of carbonyl (C=O) groups is 2. The first-order chi connectivity index (χ1) is 12.2. The van der Waals surface area contributed by atoms with Crippen LogP contribution in [0.5, 0.6) is 0 Å². The number of imide groups is 1. The Kier molecular flexibility index (Phi) is 8.44. The number of rotatable bonds is 12. The van der Waals surface area contributed by atoms with E-state index in [0.717, 1.165) is 12.8 Å². The van der Waals surface area contributed by atoms with E-state index in [9.17, 15) is 9.59 Å². The first kappa shape index (κ1) is 19.4. The number of hydrogen-bond donors (Lipinski definition) is 0. The summed E-state index contributed by atoms with van der Waals surface area (Å²) in [6, 6.07) is 10.8. The number of carbonyl (C=O) groups excluding carboxylic acids is 2. The molecule has 0 radical (unpaired) electrons. The molecule has 0 saturated carbocycles. The third-order valence-electron chi connectivity index (χ3n) is 5.04. The van der Waals surface area contributed by atoms with Gasteiger partial charge in [0, 0.05) is 18.7 Å². The maximum Gasteiger partial charge on any atom is 0.253 e. The average molecular weight is 341 g/mol. The summed E-state index contributed by atoms with van der Waals surface area (Å²) in [5.74, 6) is 0.344. The lowest BCUT2D eigenvalue weighted by atomic mass is 9.95. The summed E-state index contributed by atoms with van der Waals surface area (Å²) in [6.45, 7) is 2.89. The van der Waals surface area contributed by atoms with Crippen LogP contribution in [0.4, 0.5) is 0 Å². The molecule has 1 aliphatic heterocycles. The molecule has 1 aliphatic rings. The molecule has 1 aromatic carbocycles. The normalized spacial score (nSPS) is 15.2. The predicted octanol–water partition coefficient (Wildman–Crippen LogP) is 5.23. The van der Waals surface area contributed by atoms with E-state index in [4.69, 9.17) is 0 Å². The van der Waals surface area contributed by atoms with Crippen molar-refractivity contribution in [2.75, 3.05) is 6.54 Å². The van der Waals surface area contributed by atoms with Gasteiger partial charge in [-0.1, -0.05) is 82.2 Å². The van der Waals surface area contributed by atoms with Crippen LogP contribution in [0.1, 0.15) is 76.2 Å². The van der Waals surface area contributed by atoms with E-state index < -0.39 is 0 Å². The average Bonchev–Trinajstić information content (AvgIpc) is 2.95. The minimum absolute atomic E-state index is 0.158. The Balaban J connectivity index is 1.40. The lowest BCUT2D eigenvalue weighted by molar-refractivity contribution is -0.136. The zero-order valence-electron chi connectivity index (χ0n) is 15.5. The first-order valence-electron chi connectivity index (χ1n) is 9.77. The molecular formula is C22H31NO2. The Labute approximate surface area is 152 Å². The molecule has 0 aliphatic carbocycles. The summed E-state index contributed by atoms with van der Waals surface area (Å²) in [6.07, 6.45) is 13.7. The predicted molar refractivity (Wildman–Crippen MR) is 102 cm³/mol. The number of nitrogens with zero attached hydrogens (tertiary/aromatic N) is 1. The fourth-order valence-corrected chi connectivity index (χ4v) is 3.38. The van der Waals surface area contributed by atoms with Crippen LogP contribution in [0.2, 0.25) is 0 Å². The van der Waals surface area contributed by atoms with Crippen molar-refractivity contribution in [1.29, 1.82) is 0 Å². The second kappa shape index (κ2) is 10.9. The van der Waals surface area contributed by atoms with Gasteiger partial charge in [0.15, 0.2) is 0 Å². The quantitative estimate of drug-likeness (QED) is 0.386. The van der Waals surface area contributed by atoms with Crippen LogP contribution >= 0.6 is 0 Å². The van der Waals surface area contributed by atoms with Crippen LogP contribution in [0.25, 0.3) is 0 Å². The molecule has 3 heteroatoms. The molecule has 0 aromatic heterocycles. The lowest BCUT2D eigenvalue weighted by Gasteiger charge is -2.13. The zero-order valence-corrected chi connectivity index (χ0v) is 15.5. The molecule has 0 N–H and O–H groups in total. The molecule has 2 rings (SSSR count). The molecule has 1 atom stereocenters. The minimum atomic E-state index is -0.158. The second-order valence-electron chi connectivity index (χ2n) is 7.09. The molecule has 0 bridgehead atoms. The maximum absolute atomic E-state index is 11.4. The summed E-state index contributed by atoms with van der Waals surface area (Å²) in [7, 11) is 0. The van der Waals surface area contributed by atoms with Crippen molar-refractivity contribution in [2.24, 2.45) is 0 Å². The smallest absolute Gasteiger partial charge is 0.253 e. The van der Waals surface area contributed by atoms with Crippen LogP contribution in [0, 0.1) is 0 Å². The van der Waals surface area contributed by atoms with Crippen molar-refractivity contribution in [3.05, 3.63) is 48.0 Å². The van der Waals surface area contributed by atoms with Gasteiger partial charge in [0.1, 0.15) is 0 Å². The Bertz CT molecular complexity index is 547. The van der Waals surface area contributed by atoms with Crippen molar-refractivity contribution < 1.29 is 9.59 Å². The SMILES string of the molecule is CC(CCCCCCCCCCN1C(=O)C=CC1=O)c1ccccc1. The summed E-state index contributed by atoms with van der Waals surface area (Å²) in [5.41, 5.74) is 1.45. The van der Waals surface area contributed by atoms with Crippen molar-refractivity contribution in [3.63, 3.8) is 0 Å². The molecule has 1 unspecified atom stereocenters. The van der Waals surface area contributed by atoms with Crippen LogP contribution in [0.15, 0.2) is 42.5 Å². The molecule has 1 heterocycles. The standard InChI is InChI=1S/C22H31NO2/c1-19(20-14-10-8-11-15-20)13-9-6-4-2-3-5-7-12-18-23-21(24)16-17-22(23)25/h8,10-11,14-17,19H,2-7,9,12-13,18H2,1H3. The fraction of sp³-hybridized carbons (Fsp3) is 0.545. The van der Waals surface area contributed by atoms with Crippen molar-refractivity contribution in [2.45, 2.75) is 70.6 Å². The third-order valence-corrected chi connectivity index (χ3v) is 5.04. The Hall–Kier alpha value is -1.90. The molecular weight excluding hydrogens is 310 g/mol. The molecule has 0 spiro atoms. The Morgan fingerprint density at radius 2 is 1.28 bits per heavy atom. The lowest BCUT2D eigenvalue weighted by Crippen LogP contribution is -2.30. The van der Waals surface area contributed by atoms with Crippen LogP contribution in [-0.4, -0.2) is 23.3 Å². The Morgan fingerprint density at radius 1 is 0.760 bits per heavy atom. The third kappa shape index (κ3) is 6.85. The van der Waals surface area contributed by atoms with Crippen LogP contribution in [-0.2, 0) is 9.59 Å². The van der Waals surface area contributed by atoms with Gasteiger partial charge < -0.3 is 0 Å². The van der Waals surface area contributed by atoms with Crippen molar-refractivity contribution in [1.82, 2.24) is 4.90 Å². The number of amides is 2. The van der Waals surface area contributed by atoms with E-state index >= 15 is 0 Å². The topological polar surface area (TPSA) is 37.4 Å². The van der Waals surface area contributed by atoms with Gasteiger partial charge in [-0.05, 0) is 24.3 Å². The van der Waals surface area contributed by atoms with Gasteiger partial charge in [-0.25, -0.2) is 0 Å². The summed E-state index contributed by atoms with van der Waals surface area (Å²) in [4.78, 5) is 24.2. The zero-order chi connectivity index (χ0) is 17.9. The Morgan fingerprint density at radius 3 is 1.88 bits per heavy atom. The number of hydrogen-bond acceptors (Lipinski definition) is 2. The molecule has 3 nitrogen and oxygen atoms in total. The van der Waals surface area contributed by atoms with Crippen molar-refractivity contribution in [3.8, 4) is 0 Å². The summed E-state index contributed by atoms with van der Waals surface area (Å²) in [5, 5.41) is 0. The van der Waals surface area contributed by atoms with Gasteiger partial charge in [-0.2, -0.15) is 0 Å². The highest BCUT2D eigenvalue weighted by atomic mass is 16.2. The first-order valence-corrected chi connectivity index (χ1v) is 9.77. The maximum atomic E-state index is 11.4. The number of benzene rings is 1. The largest absolute Gasteiger partial charge is 0.275 e. The fourth-order valence-electron chi connectivity index (χ4n) is 3.38. The molecule has 0 saturated heterocycles. The highest BCUT2D eigenvalue weighted by Gasteiger charge is 2.21. The van der Waals surface area contributed by atoms with Gasteiger partial charge in [0.25, 0.3) is 11.8 Å². The molecule has 0 fully saturated rings. The van der Waals surface area contributed by atoms with Gasteiger partial charge >= 0.3 is 0 Å².